The maximum atomic E-state index is 11.4. The van der Waals surface area contributed by atoms with Crippen molar-refractivity contribution < 1.29 is 14.6 Å². The van der Waals surface area contributed by atoms with E-state index in [-0.39, 0.29) is 5.60 Å². The van der Waals surface area contributed by atoms with Crippen LogP contribution in [0.15, 0.2) is 18.5 Å². The SMILES string of the molecule is Cc1c(C)c(-c2nccn2NC(=O)O)c(C)c2c1OC(C)(CN1CCN(c3cc(N4CCCC4)nc(N4CCCC4)n3)CC1)CC2. The van der Waals surface area contributed by atoms with Gasteiger partial charge in [0.05, 0.1) is 0 Å². The average molecular weight is 630 g/mol. The maximum absolute atomic E-state index is 11.4. The van der Waals surface area contributed by atoms with Crippen molar-refractivity contribution in [2.75, 3.05) is 79.0 Å². The molecule has 12 nitrogen and oxygen atoms in total. The van der Waals surface area contributed by atoms with E-state index in [1.807, 2.05) is 0 Å². The molecule has 0 saturated carbocycles. The first-order valence-corrected chi connectivity index (χ1v) is 16.9. The lowest BCUT2D eigenvalue weighted by Gasteiger charge is -2.43. The number of carboxylic acid groups (broad SMARTS) is 1. The van der Waals surface area contributed by atoms with Crippen LogP contribution in [0.5, 0.6) is 5.75 Å². The number of ether oxygens (including phenoxy) is 1. The lowest BCUT2D eigenvalue weighted by atomic mass is 9.84. The van der Waals surface area contributed by atoms with Crippen LogP contribution in [0.2, 0.25) is 0 Å². The van der Waals surface area contributed by atoms with Crippen LogP contribution in [-0.4, -0.2) is 100 Å². The molecule has 6 heterocycles. The van der Waals surface area contributed by atoms with Crippen molar-refractivity contribution in [3.05, 3.63) is 40.7 Å². The summed E-state index contributed by atoms with van der Waals surface area (Å²) in [4.78, 5) is 35.8. The lowest BCUT2D eigenvalue weighted by Crippen LogP contribution is -2.54. The number of anilines is 3. The van der Waals surface area contributed by atoms with Crippen LogP contribution < -0.4 is 24.9 Å². The third kappa shape index (κ3) is 5.83. The largest absolute Gasteiger partial charge is 0.486 e. The van der Waals surface area contributed by atoms with E-state index >= 15 is 0 Å². The fourth-order valence-electron chi connectivity index (χ4n) is 7.79. The van der Waals surface area contributed by atoms with Crippen LogP contribution in [0, 0.1) is 20.8 Å². The van der Waals surface area contributed by atoms with Gasteiger partial charge in [-0.05, 0) is 88.5 Å². The highest BCUT2D eigenvalue weighted by Gasteiger charge is 2.37. The molecule has 4 aliphatic rings. The third-order valence-corrected chi connectivity index (χ3v) is 10.5. The van der Waals surface area contributed by atoms with Gasteiger partial charge in [-0.25, -0.2) is 19.9 Å². The van der Waals surface area contributed by atoms with Gasteiger partial charge in [0.25, 0.3) is 0 Å². The van der Waals surface area contributed by atoms with E-state index in [9.17, 15) is 9.90 Å². The van der Waals surface area contributed by atoms with Crippen molar-refractivity contribution in [1.82, 2.24) is 24.5 Å². The summed E-state index contributed by atoms with van der Waals surface area (Å²) in [6, 6.07) is 2.22. The summed E-state index contributed by atoms with van der Waals surface area (Å²) < 4.78 is 8.39. The van der Waals surface area contributed by atoms with E-state index in [2.05, 4.69) is 63.8 Å². The van der Waals surface area contributed by atoms with E-state index < -0.39 is 6.09 Å². The van der Waals surface area contributed by atoms with Gasteiger partial charge in [0, 0.05) is 82.9 Å². The number of aromatic nitrogens is 4. The first kappa shape index (κ1) is 30.6. The second kappa shape index (κ2) is 12.3. The molecule has 2 N–H and O–H groups in total. The molecule has 0 bridgehead atoms. The van der Waals surface area contributed by atoms with Crippen molar-refractivity contribution in [2.24, 2.45) is 0 Å². The van der Waals surface area contributed by atoms with E-state index in [4.69, 9.17) is 14.7 Å². The zero-order chi connectivity index (χ0) is 32.0. The summed E-state index contributed by atoms with van der Waals surface area (Å²) in [5, 5.41) is 9.31. The fourth-order valence-corrected chi connectivity index (χ4v) is 7.79. The number of nitrogens with zero attached hydrogens (tertiary/aromatic N) is 8. The predicted octanol–water partition coefficient (Wildman–Crippen LogP) is 4.59. The number of fused-ring (bicyclic) bond motifs is 1. The van der Waals surface area contributed by atoms with Gasteiger partial charge in [0.1, 0.15) is 23.0 Å². The minimum Gasteiger partial charge on any atom is -0.486 e. The Morgan fingerprint density at radius 2 is 1.52 bits per heavy atom. The molecular weight excluding hydrogens is 582 g/mol. The molecular formula is C34H47N9O3. The molecule has 1 amide bonds. The first-order valence-electron chi connectivity index (χ1n) is 16.9. The maximum Gasteiger partial charge on any atom is 0.424 e. The Balaban J connectivity index is 1.05. The number of imidazole rings is 1. The monoisotopic (exact) mass is 629 g/mol. The first-order chi connectivity index (χ1) is 22.2. The van der Waals surface area contributed by atoms with Crippen LogP contribution in [0.1, 0.15) is 61.3 Å². The van der Waals surface area contributed by atoms with Crippen molar-refractivity contribution in [3.8, 4) is 17.1 Å². The molecule has 3 fully saturated rings. The number of hydrogen-bond donors (Lipinski definition) is 2. The second-order valence-electron chi connectivity index (χ2n) is 13.7. The molecule has 46 heavy (non-hydrogen) atoms. The average Bonchev–Trinajstić information content (AvgIpc) is 3.84. The molecule has 3 aromatic rings. The van der Waals surface area contributed by atoms with Gasteiger partial charge < -0.3 is 24.5 Å². The van der Waals surface area contributed by atoms with Crippen molar-refractivity contribution >= 4 is 23.7 Å². The highest BCUT2D eigenvalue weighted by Crippen LogP contribution is 2.44. The Bertz CT molecular complexity index is 1570. The zero-order valence-electron chi connectivity index (χ0n) is 27.7. The molecule has 1 unspecified atom stereocenters. The van der Waals surface area contributed by atoms with Gasteiger partial charge in [-0.1, -0.05) is 0 Å². The summed E-state index contributed by atoms with van der Waals surface area (Å²) in [5.41, 5.74) is 7.52. The second-order valence-corrected chi connectivity index (χ2v) is 13.7. The summed E-state index contributed by atoms with van der Waals surface area (Å²) >= 11 is 0. The van der Waals surface area contributed by atoms with E-state index in [1.165, 1.54) is 35.9 Å². The van der Waals surface area contributed by atoms with Gasteiger partial charge >= 0.3 is 6.09 Å². The number of hydrogen-bond acceptors (Lipinski definition) is 9. The molecule has 12 heteroatoms. The van der Waals surface area contributed by atoms with E-state index in [0.29, 0.717) is 5.82 Å². The zero-order valence-corrected chi connectivity index (χ0v) is 27.7. The Labute approximate surface area is 271 Å². The number of carbonyl (C=O) groups is 1. The Morgan fingerprint density at radius 1 is 0.891 bits per heavy atom. The summed E-state index contributed by atoms with van der Waals surface area (Å²) in [6.45, 7) is 17.4. The van der Waals surface area contributed by atoms with Gasteiger partial charge in [0.15, 0.2) is 5.82 Å². The molecule has 0 spiro atoms. The van der Waals surface area contributed by atoms with Gasteiger partial charge in [-0.15, -0.1) is 0 Å². The standard InChI is InChI=1S/C34H47N9O3/c1-23-24(2)30-26(25(3)29(23)31-35-11-16-43(31)38-33(44)45)9-10-34(4,46-30)22-39-17-19-41(20-18-39)28-21-27(40-12-5-6-13-40)36-32(37-28)42-14-7-8-15-42/h11,16,21,38H,5-10,12-15,17-20,22H2,1-4H3,(H,44,45). The molecule has 0 aliphatic carbocycles. The molecule has 246 valence electrons. The van der Waals surface area contributed by atoms with Crippen molar-refractivity contribution in [2.45, 2.75) is 71.8 Å². The highest BCUT2D eigenvalue weighted by molar-refractivity contribution is 5.77. The molecule has 1 aromatic carbocycles. The molecule has 2 aromatic heterocycles. The van der Waals surface area contributed by atoms with E-state index in [1.54, 1.807) is 12.4 Å². The van der Waals surface area contributed by atoms with E-state index in [0.717, 1.165) is 117 Å². The van der Waals surface area contributed by atoms with Crippen LogP contribution in [0.25, 0.3) is 11.4 Å². The molecule has 1 atom stereocenters. The van der Waals surface area contributed by atoms with Crippen LogP contribution >= 0.6 is 0 Å². The minimum atomic E-state index is -1.13. The highest BCUT2D eigenvalue weighted by atomic mass is 16.5. The van der Waals surface area contributed by atoms with Gasteiger partial charge in [0.2, 0.25) is 5.95 Å². The Kier molecular flexibility index (Phi) is 8.16. The lowest BCUT2D eigenvalue weighted by molar-refractivity contribution is 0.0228. The number of nitrogens with one attached hydrogen (secondary N) is 1. The summed E-state index contributed by atoms with van der Waals surface area (Å²) in [5.74, 6) is 4.61. The van der Waals surface area contributed by atoms with Gasteiger partial charge in [-0.3, -0.25) is 4.90 Å². The predicted molar refractivity (Wildman–Crippen MR) is 180 cm³/mol. The number of benzene rings is 1. The normalized spacial score (nSPS) is 21.9. The van der Waals surface area contributed by atoms with Crippen molar-refractivity contribution in [1.29, 1.82) is 0 Å². The summed E-state index contributed by atoms with van der Waals surface area (Å²) in [7, 11) is 0. The van der Waals surface area contributed by atoms with Crippen LogP contribution in [0.4, 0.5) is 22.4 Å². The smallest absolute Gasteiger partial charge is 0.424 e. The van der Waals surface area contributed by atoms with Gasteiger partial charge in [-0.2, -0.15) is 9.97 Å². The molecule has 3 saturated heterocycles. The minimum absolute atomic E-state index is 0.301. The van der Waals surface area contributed by atoms with Crippen LogP contribution in [0.3, 0.4) is 0 Å². The van der Waals surface area contributed by atoms with Crippen molar-refractivity contribution in [3.63, 3.8) is 0 Å². The quantitative estimate of drug-likeness (QED) is 0.385. The number of rotatable bonds is 7. The Hall–Kier alpha value is -4.06. The number of amides is 1. The Morgan fingerprint density at radius 3 is 2.17 bits per heavy atom. The molecule has 0 radical (unpaired) electrons. The third-order valence-electron chi connectivity index (χ3n) is 10.5. The topological polar surface area (TPSA) is 115 Å². The molecule has 4 aliphatic heterocycles. The van der Waals surface area contributed by atoms with Crippen LogP contribution in [-0.2, 0) is 6.42 Å². The summed E-state index contributed by atoms with van der Waals surface area (Å²) in [6.07, 6.45) is 8.84. The number of piperazine rings is 1. The molecule has 7 rings (SSSR count). The fraction of sp³-hybridized carbons (Fsp3) is 0.588.